The van der Waals surface area contributed by atoms with Gasteiger partial charge in [-0.05, 0) is 30.2 Å². The van der Waals surface area contributed by atoms with E-state index in [4.69, 9.17) is 11.6 Å². The monoisotopic (exact) mass is 462 g/mol. The lowest BCUT2D eigenvalue weighted by molar-refractivity contribution is 0.702. The number of hydrogen-bond acceptors (Lipinski definition) is 5. The molecule has 0 radical (unpaired) electrons. The molecule has 0 atom stereocenters. The van der Waals surface area contributed by atoms with Crippen molar-refractivity contribution in [1.29, 1.82) is 0 Å². The van der Waals surface area contributed by atoms with E-state index in [2.05, 4.69) is 15.5 Å². The van der Waals surface area contributed by atoms with E-state index in [0.717, 1.165) is 15.7 Å². The molecule has 0 spiro atoms. The summed E-state index contributed by atoms with van der Waals surface area (Å²) in [5.74, 6) is 0.329. The lowest BCUT2D eigenvalue weighted by Gasteiger charge is -2.10. The molecule has 2 aromatic carbocycles. The lowest BCUT2D eigenvalue weighted by Crippen LogP contribution is -2.37. The molecule has 0 saturated carbocycles. The van der Waals surface area contributed by atoms with Crippen molar-refractivity contribution in [2.24, 2.45) is 19.2 Å². The Labute approximate surface area is 195 Å². The van der Waals surface area contributed by atoms with Gasteiger partial charge in [0.15, 0.2) is 11.2 Å². The molecule has 0 amide bonds. The first-order chi connectivity index (χ1) is 15.9. The fourth-order valence-corrected chi connectivity index (χ4v) is 3.63. The Morgan fingerprint density at radius 1 is 1.06 bits per heavy atom. The molecule has 0 aliphatic rings. The molecule has 1 N–H and O–H groups in total. The van der Waals surface area contributed by atoms with Crippen LogP contribution in [-0.4, -0.2) is 24.4 Å². The molecule has 0 saturated heterocycles. The highest BCUT2D eigenvalue weighted by molar-refractivity contribution is 6.31. The molecule has 0 unspecified atom stereocenters. The van der Waals surface area contributed by atoms with Gasteiger partial charge in [0.25, 0.3) is 5.56 Å². The summed E-state index contributed by atoms with van der Waals surface area (Å²) in [4.78, 5) is 29.9. The Morgan fingerprint density at radius 2 is 1.76 bits per heavy atom. The number of allylic oxidation sites excluding steroid dienone is 1. The third kappa shape index (κ3) is 4.51. The number of aryl methyl sites for hydroxylation is 1. The number of rotatable bonds is 6. The quantitative estimate of drug-likeness (QED) is 0.350. The summed E-state index contributed by atoms with van der Waals surface area (Å²) < 4.78 is 4.10. The summed E-state index contributed by atoms with van der Waals surface area (Å²) in [7, 11) is 3.03. The standard InChI is InChI=1S/C24H23ClN6O2/c1-16(13-14-17-9-5-4-6-10-17)27-28-23-26-21-20(22(32)30(3)24(33)29(21)2)31(23)15-18-11-7-8-12-19(18)25/h4-14H,15H2,1-3H3,(H,26,28)/b14-13+,27-16-. The molecule has 0 bridgehead atoms. The van der Waals surface area contributed by atoms with Gasteiger partial charge in [-0.15, -0.1) is 0 Å². The number of hydrazone groups is 1. The van der Waals surface area contributed by atoms with Gasteiger partial charge in [-0.2, -0.15) is 10.1 Å². The van der Waals surface area contributed by atoms with Gasteiger partial charge >= 0.3 is 5.69 Å². The third-order valence-corrected chi connectivity index (χ3v) is 5.65. The van der Waals surface area contributed by atoms with Gasteiger partial charge in [0.05, 0.1) is 12.3 Å². The van der Waals surface area contributed by atoms with Crippen LogP contribution >= 0.6 is 11.6 Å². The second kappa shape index (κ2) is 9.30. The number of nitrogens with one attached hydrogen (secondary N) is 1. The number of fused-ring (bicyclic) bond motifs is 1. The largest absolute Gasteiger partial charge is 0.332 e. The Bertz CT molecular complexity index is 1500. The first-order valence-electron chi connectivity index (χ1n) is 10.3. The second-order valence-electron chi connectivity index (χ2n) is 7.60. The second-order valence-corrected chi connectivity index (χ2v) is 8.01. The van der Waals surface area contributed by atoms with Crippen molar-refractivity contribution in [1.82, 2.24) is 18.7 Å². The molecule has 0 aliphatic heterocycles. The van der Waals surface area contributed by atoms with Gasteiger partial charge in [0.2, 0.25) is 5.95 Å². The van der Waals surface area contributed by atoms with Crippen molar-refractivity contribution in [3.63, 3.8) is 0 Å². The zero-order valence-corrected chi connectivity index (χ0v) is 19.2. The molecular weight excluding hydrogens is 440 g/mol. The van der Waals surface area contributed by atoms with Crippen LogP contribution in [0.2, 0.25) is 5.02 Å². The summed E-state index contributed by atoms with van der Waals surface area (Å²) in [6, 6.07) is 17.3. The Balaban J connectivity index is 1.78. The molecule has 4 aromatic rings. The summed E-state index contributed by atoms with van der Waals surface area (Å²) >= 11 is 6.37. The van der Waals surface area contributed by atoms with Crippen LogP contribution in [0.25, 0.3) is 17.2 Å². The molecule has 168 valence electrons. The van der Waals surface area contributed by atoms with Gasteiger partial charge in [-0.1, -0.05) is 66.2 Å². The molecular formula is C24H23ClN6O2. The molecule has 2 heterocycles. The fraction of sp³-hybridized carbons (Fsp3) is 0.167. The minimum atomic E-state index is -0.452. The van der Waals surface area contributed by atoms with Gasteiger partial charge in [-0.3, -0.25) is 18.5 Å². The van der Waals surface area contributed by atoms with Crippen molar-refractivity contribution >= 4 is 40.5 Å². The van der Waals surface area contributed by atoms with Crippen molar-refractivity contribution in [2.45, 2.75) is 13.5 Å². The van der Waals surface area contributed by atoms with Gasteiger partial charge in [0.1, 0.15) is 0 Å². The summed E-state index contributed by atoms with van der Waals surface area (Å²) in [6.45, 7) is 2.13. The Morgan fingerprint density at radius 3 is 2.48 bits per heavy atom. The summed E-state index contributed by atoms with van der Waals surface area (Å²) in [5.41, 5.74) is 5.18. The predicted octanol–water partition coefficient (Wildman–Crippen LogP) is 3.64. The minimum absolute atomic E-state index is 0.269. The highest BCUT2D eigenvalue weighted by atomic mass is 35.5. The maximum Gasteiger partial charge on any atom is 0.332 e. The summed E-state index contributed by atoms with van der Waals surface area (Å²) in [5, 5.41) is 4.97. The van der Waals surface area contributed by atoms with E-state index in [1.807, 2.05) is 67.6 Å². The molecule has 8 nitrogen and oxygen atoms in total. The van der Waals surface area contributed by atoms with E-state index in [-0.39, 0.29) is 17.7 Å². The van der Waals surface area contributed by atoms with E-state index in [1.54, 1.807) is 17.7 Å². The SMILES string of the molecule is CC(/C=C/c1ccccc1)=N/Nc1nc2c(c(=O)n(C)c(=O)n2C)n1Cc1ccccc1Cl. The van der Waals surface area contributed by atoms with Crippen molar-refractivity contribution in [3.05, 3.63) is 97.7 Å². The molecule has 9 heteroatoms. The van der Waals surface area contributed by atoms with E-state index in [0.29, 0.717) is 16.7 Å². The molecule has 4 rings (SSSR count). The first-order valence-corrected chi connectivity index (χ1v) is 10.7. The summed E-state index contributed by atoms with van der Waals surface area (Å²) in [6.07, 6.45) is 3.82. The smallest absolute Gasteiger partial charge is 0.298 e. The van der Waals surface area contributed by atoms with Gasteiger partial charge in [0, 0.05) is 19.1 Å². The number of aromatic nitrogens is 4. The molecule has 0 aliphatic carbocycles. The van der Waals surface area contributed by atoms with Gasteiger partial charge in [-0.25, -0.2) is 10.2 Å². The number of anilines is 1. The van der Waals surface area contributed by atoms with Crippen LogP contribution in [0.4, 0.5) is 5.95 Å². The van der Waals surface area contributed by atoms with Crippen LogP contribution < -0.4 is 16.7 Å². The Kier molecular flexibility index (Phi) is 6.28. The van der Waals surface area contributed by atoms with Crippen LogP contribution in [-0.2, 0) is 20.6 Å². The Hall–Kier alpha value is -3.91. The lowest BCUT2D eigenvalue weighted by atomic mass is 10.2. The van der Waals surface area contributed by atoms with E-state index in [1.165, 1.54) is 11.6 Å². The molecule has 2 aromatic heterocycles. The van der Waals surface area contributed by atoms with E-state index < -0.39 is 11.2 Å². The van der Waals surface area contributed by atoms with E-state index in [9.17, 15) is 9.59 Å². The average molecular weight is 463 g/mol. The van der Waals surface area contributed by atoms with Crippen LogP contribution in [0.15, 0.2) is 75.4 Å². The highest BCUT2D eigenvalue weighted by Gasteiger charge is 2.19. The number of hydrogen-bond donors (Lipinski definition) is 1. The first kappa shape index (κ1) is 22.3. The maximum atomic E-state index is 13.0. The predicted molar refractivity (Wildman–Crippen MR) is 133 cm³/mol. The normalized spacial score (nSPS) is 12.1. The van der Waals surface area contributed by atoms with Crippen LogP contribution in [0.1, 0.15) is 18.1 Å². The van der Waals surface area contributed by atoms with Crippen molar-refractivity contribution in [3.8, 4) is 0 Å². The maximum absolute atomic E-state index is 13.0. The van der Waals surface area contributed by atoms with Crippen LogP contribution in [0.5, 0.6) is 0 Å². The minimum Gasteiger partial charge on any atom is -0.298 e. The zero-order chi connectivity index (χ0) is 23.5. The van der Waals surface area contributed by atoms with Crippen molar-refractivity contribution < 1.29 is 0 Å². The third-order valence-electron chi connectivity index (χ3n) is 5.28. The zero-order valence-electron chi connectivity index (χ0n) is 18.5. The average Bonchev–Trinajstić information content (AvgIpc) is 3.19. The number of halogens is 1. The number of imidazole rings is 1. The van der Waals surface area contributed by atoms with Gasteiger partial charge < -0.3 is 0 Å². The number of nitrogens with zero attached hydrogens (tertiary/aromatic N) is 5. The highest BCUT2D eigenvalue weighted by Crippen LogP contribution is 2.22. The van der Waals surface area contributed by atoms with Crippen molar-refractivity contribution in [2.75, 3.05) is 5.43 Å². The molecule has 33 heavy (non-hydrogen) atoms. The van der Waals surface area contributed by atoms with Crippen LogP contribution in [0, 0.1) is 0 Å². The molecule has 0 fully saturated rings. The number of benzene rings is 2. The topological polar surface area (TPSA) is 86.2 Å². The van der Waals surface area contributed by atoms with E-state index >= 15 is 0 Å². The fourth-order valence-electron chi connectivity index (χ4n) is 3.44. The van der Waals surface area contributed by atoms with Crippen LogP contribution in [0.3, 0.4) is 0 Å².